The molecule has 0 fully saturated rings. The molecule has 170 valence electrons. The molecular formula is C27H25N5O2. The van der Waals surface area contributed by atoms with Crippen molar-refractivity contribution in [3.05, 3.63) is 102 Å². The Morgan fingerprint density at radius 1 is 1.00 bits per heavy atom. The van der Waals surface area contributed by atoms with Crippen LogP contribution < -0.4 is 10.1 Å². The van der Waals surface area contributed by atoms with Gasteiger partial charge in [-0.3, -0.25) is 4.79 Å². The van der Waals surface area contributed by atoms with E-state index in [1.54, 1.807) is 7.11 Å². The number of pyridine rings is 1. The van der Waals surface area contributed by atoms with E-state index in [-0.39, 0.29) is 5.91 Å². The molecule has 5 aromatic rings. The maximum Gasteiger partial charge on any atom is 0.255 e. The van der Waals surface area contributed by atoms with E-state index in [0.717, 1.165) is 39.4 Å². The van der Waals surface area contributed by atoms with Crippen LogP contribution in [0.5, 0.6) is 5.75 Å². The molecule has 0 saturated carbocycles. The van der Waals surface area contributed by atoms with E-state index in [0.29, 0.717) is 17.8 Å². The van der Waals surface area contributed by atoms with Gasteiger partial charge in [0.25, 0.3) is 5.91 Å². The number of ether oxygens (including phenoxy) is 1. The van der Waals surface area contributed by atoms with Gasteiger partial charge < -0.3 is 14.6 Å². The third-order valence-electron chi connectivity index (χ3n) is 5.75. The Labute approximate surface area is 197 Å². The number of amides is 1. The van der Waals surface area contributed by atoms with E-state index >= 15 is 0 Å². The van der Waals surface area contributed by atoms with Gasteiger partial charge in [0.05, 0.1) is 19.0 Å². The Morgan fingerprint density at radius 2 is 1.71 bits per heavy atom. The van der Waals surface area contributed by atoms with Crippen LogP contribution in [0.3, 0.4) is 0 Å². The number of fused-ring (bicyclic) bond motifs is 1. The fraction of sp³-hybridized carbons (Fsp3) is 0.148. The van der Waals surface area contributed by atoms with Gasteiger partial charge in [0, 0.05) is 29.3 Å². The average molecular weight is 452 g/mol. The summed E-state index contributed by atoms with van der Waals surface area (Å²) in [5, 5.41) is 8.83. The highest BCUT2D eigenvalue weighted by Gasteiger charge is 2.16. The van der Waals surface area contributed by atoms with Crippen molar-refractivity contribution in [1.82, 2.24) is 19.3 Å². The lowest BCUT2D eigenvalue weighted by molar-refractivity contribution is 0.102. The summed E-state index contributed by atoms with van der Waals surface area (Å²) in [6.45, 7) is 4.63. The first kappa shape index (κ1) is 21.5. The summed E-state index contributed by atoms with van der Waals surface area (Å²) < 4.78 is 9.09. The van der Waals surface area contributed by atoms with Crippen molar-refractivity contribution < 1.29 is 9.53 Å². The second kappa shape index (κ2) is 8.86. The minimum atomic E-state index is -0.163. The van der Waals surface area contributed by atoms with Gasteiger partial charge in [0.1, 0.15) is 5.75 Å². The molecule has 34 heavy (non-hydrogen) atoms. The lowest BCUT2D eigenvalue weighted by atomic mass is 10.1. The number of hydrogen-bond donors (Lipinski definition) is 1. The number of aryl methyl sites for hydroxylation is 2. The second-order valence-electron chi connectivity index (χ2n) is 8.23. The molecule has 2 aromatic carbocycles. The summed E-state index contributed by atoms with van der Waals surface area (Å²) in [5.41, 5.74) is 5.28. The zero-order valence-electron chi connectivity index (χ0n) is 19.3. The number of hydrogen-bond acceptors (Lipinski definition) is 4. The molecular weight excluding hydrogens is 426 g/mol. The standard InChI is InChI=1S/C27H25N5O2/c1-18-16-19(2)28-25-24(18)26(31-14-4-5-15-31)30-32(25)17-20-6-8-21(9-7-20)27(33)29-22-10-12-23(34-3)13-11-22/h4-16H,17H2,1-3H3,(H,29,33). The van der Waals surface area contributed by atoms with Gasteiger partial charge in [0.15, 0.2) is 11.5 Å². The van der Waals surface area contributed by atoms with Crippen molar-refractivity contribution >= 4 is 22.6 Å². The Kier molecular flexibility index (Phi) is 5.59. The third-order valence-corrected chi connectivity index (χ3v) is 5.75. The van der Waals surface area contributed by atoms with Crippen LogP contribution in [0.2, 0.25) is 0 Å². The molecule has 1 N–H and O–H groups in total. The highest BCUT2D eigenvalue weighted by atomic mass is 16.5. The molecule has 3 aromatic heterocycles. The third kappa shape index (κ3) is 4.15. The zero-order chi connectivity index (χ0) is 23.7. The van der Waals surface area contributed by atoms with Crippen LogP contribution in [-0.4, -0.2) is 32.3 Å². The molecule has 1 amide bonds. The summed E-state index contributed by atoms with van der Waals surface area (Å²) in [6, 6.07) is 20.9. The van der Waals surface area contributed by atoms with E-state index < -0.39 is 0 Å². The van der Waals surface area contributed by atoms with Gasteiger partial charge >= 0.3 is 0 Å². The number of carbonyl (C=O) groups is 1. The van der Waals surface area contributed by atoms with Crippen LogP contribution in [-0.2, 0) is 6.54 Å². The second-order valence-corrected chi connectivity index (χ2v) is 8.23. The summed E-state index contributed by atoms with van der Waals surface area (Å²) in [5.74, 6) is 1.44. The van der Waals surface area contributed by atoms with Crippen LogP contribution in [0.25, 0.3) is 16.9 Å². The Bertz CT molecular complexity index is 1450. The number of nitrogens with one attached hydrogen (secondary N) is 1. The minimum absolute atomic E-state index is 0.163. The normalized spacial score (nSPS) is 11.0. The van der Waals surface area contributed by atoms with E-state index in [4.69, 9.17) is 14.8 Å². The van der Waals surface area contributed by atoms with Crippen molar-refractivity contribution in [2.45, 2.75) is 20.4 Å². The fourth-order valence-electron chi connectivity index (χ4n) is 4.07. The van der Waals surface area contributed by atoms with E-state index in [2.05, 4.69) is 18.3 Å². The Balaban J connectivity index is 1.39. The Morgan fingerprint density at radius 3 is 2.38 bits per heavy atom. The molecule has 0 saturated heterocycles. The molecule has 7 heteroatoms. The average Bonchev–Trinajstić information content (AvgIpc) is 3.49. The topological polar surface area (TPSA) is 74.0 Å². The molecule has 0 radical (unpaired) electrons. The maximum atomic E-state index is 12.6. The highest BCUT2D eigenvalue weighted by Crippen LogP contribution is 2.26. The number of aromatic nitrogens is 4. The predicted octanol–water partition coefficient (Wildman–Crippen LogP) is 5.15. The SMILES string of the molecule is COc1ccc(NC(=O)c2ccc(Cn3nc(-n4cccc4)c4c(C)cc(C)nc43)cc2)cc1. The lowest BCUT2D eigenvalue weighted by Gasteiger charge is -2.08. The number of nitrogens with zero attached hydrogens (tertiary/aromatic N) is 4. The lowest BCUT2D eigenvalue weighted by Crippen LogP contribution is -2.12. The monoisotopic (exact) mass is 451 g/mol. The predicted molar refractivity (Wildman–Crippen MR) is 133 cm³/mol. The first-order valence-electron chi connectivity index (χ1n) is 11.0. The van der Waals surface area contributed by atoms with Crippen LogP contribution in [0.1, 0.15) is 27.2 Å². The van der Waals surface area contributed by atoms with Crippen molar-refractivity contribution in [3.63, 3.8) is 0 Å². The Hall–Kier alpha value is -4.39. The number of benzene rings is 2. The van der Waals surface area contributed by atoms with Gasteiger partial charge in [-0.2, -0.15) is 5.10 Å². The number of carbonyl (C=O) groups excluding carboxylic acids is 1. The quantitative estimate of drug-likeness (QED) is 0.388. The summed E-state index contributed by atoms with van der Waals surface area (Å²) in [4.78, 5) is 17.4. The summed E-state index contributed by atoms with van der Waals surface area (Å²) in [6.07, 6.45) is 3.98. The highest BCUT2D eigenvalue weighted by molar-refractivity contribution is 6.04. The molecule has 3 heterocycles. The van der Waals surface area contributed by atoms with Crippen LogP contribution in [0.4, 0.5) is 5.69 Å². The van der Waals surface area contributed by atoms with Crippen molar-refractivity contribution in [1.29, 1.82) is 0 Å². The van der Waals surface area contributed by atoms with Crippen molar-refractivity contribution in [3.8, 4) is 11.6 Å². The molecule has 0 unspecified atom stereocenters. The molecule has 0 bridgehead atoms. The van der Waals surface area contributed by atoms with Crippen molar-refractivity contribution in [2.75, 3.05) is 12.4 Å². The zero-order valence-corrected chi connectivity index (χ0v) is 19.3. The molecule has 0 atom stereocenters. The molecule has 0 spiro atoms. The van der Waals surface area contributed by atoms with Gasteiger partial charge in [-0.25, -0.2) is 9.67 Å². The van der Waals surface area contributed by atoms with Gasteiger partial charge in [-0.05, 0) is 79.6 Å². The molecule has 0 aliphatic carbocycles. The van der Waals surface area contributed by atoms with E-state index in [1.807, 2.05) is 89.2 Å². The molecule has 0 aliphatic rings. The summed E-state index contributed by atoms with van der Waals surface area (Å²) in [7, 11) is 1.61. The first-order chi connectivity index (χ1) is 16.5. The molecule has 5 rings (SSSR count). The molecule has 0 aliphatic heterocycles. The van der Waals surface area contributed by atoms with Gasteiger partial charge in [-0.15, -0.1) is 0 Å². The fourth-order valence-corrected chi connectivity index (χ4v) is 4.07. The smallest absolute Gasteiger partial charge is 0.255 e. The molecule has 7 nitrogen and oxygen atoms in total. The van der Waals surface area contributed by atoms with Crippen molar-refractivity contribution in [2.24, 2.45) is 0 Å². The summed E-state index contributed by atoms with van der Waals surface area (Å²) >= 11 is 0. The van der Waals surface area contributed by atoms with Crippen LogP contribution >= 0.6 is 0 Å². The van der Waals surface area contributed by atoms with Gasteiger partial charge in [0.2, 0.25) is 0 Å². The number of rotatable bonds is 6. The van der Waals surface area contributed by atoms with E-state index in [1.165, 1.54) is 0 Å². The maximum absolute atomic E-state index is 12.6. The largest absolute Gasteiger partial charge is 0.497 e. The number of anilines is 1. The van der Waals surface area contributed by atoms with Gasteiger partial charge in [-0.1, -0.05) is 12.1 Å². The first-order valence-corrected chi connectivity index (χ1v) is 11.0. The number of methoxy groups -OCH3 is 1. The van der Waals surface area contributed by atoms with Crippen LogP contribution in [0.15, 0.2) is 79.1 Å². The van der Waals surface area contributed by atoms with Crippen LogP contribution in [0, 0.1) is 13.8 Å². The van der Waals surface area contributed by atoms with E-state index in [9.17, 15) is 4.79 Å². The minimum Gasteiger partial charge on any atom is -0.497 e.